The molecule has 1 unspecified atom stereocenters. The van der Waals surface area contributed by atoms with E-state index >= 15 is 0 Å². The maximum absolute atomic E-state index is 5.28. The number of ether oxygens (including phenoxy) is 1. The molecule has 0 fully saturated rings. The van der Waals surface area contributed by atoms with Crippen molar-refractivity contribution < 1.29 is 4.74 Å². The number of nitrogens with one attached hydrogen (secondary N) is 1. The number of unbranched alkanes of at least 4 members (excludes halogenated alkanes) is 4. The van der Waals surface area contributed by atoms with Crippen molar-refractivity contribution in [3.63, 3.8) is 0 Å². The first-order valence-electron chi connectivity index (χ1n) is 8.07. The van der Waals surface area contributed by atoms with Gasteiger partial charge in [0.2, 0.25) is 0 Å². The maximum Gasteiger partial charge on any atom is 0.119 e. The van der Waals surface area contributed by atoms with Crippen LogP contribution in [0.2, 0.25) is 0 Å². The molecule has 1 rings (SSSR count). The summed E-state index contributed by atoms with van der Waals surface area (Å²) in [5.41, 5.74) is 1.29. The Hall–Kier alpha value is -1.02. The van der Waals surface area contributed by atoms with E-state index in [1.807, 2.05) is 6.07 Å². The maximum atomic E-state index is 5.28. The minimum atomic E-state index is 0.371. The molecule has 0 aromatic heterocycles. The quantitative estimate of drug-likeness (QED) is 0.601. The highest BCUT2D eigenvalue weighted by Crippen LogP contribution is 2.19. The Balaban J connectivity index is 2.31. The summed E-state index contributed by atoms with van der Waals surface area (Å²) in [6.07, 6.45) is 8.04. The van der Waals surface area contributed by atoms with Crippen LogP contribution in [-0.4, -0.2) is 13.2 Å². The Kier molecular flexibility index (Phi) is 8.36. The molecule has 2 atom stereocenters. The summed E-state index contributed by atoms with van der Waals surface area (Å²) in [5, 5.41) is 3.68. The Morgan fingerprint density at radius 2 is 1.85 bits per heavy atom. The molecule has 1 N–H and O–H groups in total. The standard InChI is InChI=1S/C18H31NO/c1-5-6-7-8-9-11-15(2)19-16(3)17-12-10-13-18(14-17)20-4/h10,12-16,19H,5-9,11H2,1-4H3/t15?,16-/m0/s1. The van der Waals surface area contributed by atoms with Gasteiger partial charge in [-0.3, -0.25) is 0 Å². The van der Waals surface area contributed by atoms with E-state index in [0.717, 1.165) is 5.75 Å². The van der Waals surface area contributed by atoms with Crippen molar-refractivity contribution in [2.75, 3.05) is 7.11 Å². The fourth-order valence-electron chi connectivity index (χ4n) is 2.57. The number of hydrogen-bond acceptors (Lipinski definition) is 2. The predicted octanol–water partition coefficient (Wildman–Crippen LogP) is 5.09. The van der Waals surface area contributed by atoms with Gasteiger partial charge >= 0.3 is 0 Å². The van der Waals surface area contributed by atoms with Gasteiger partial charge < -0.3 is 10.1 Å². The first-order chi connectivity index (χ1) is 9.67. The predicted molar refractivity (Wildman–Crippen MR) is 87.4 cm³/mol. The lowest BCUT2D eigenvalue weighted by Crippen LogP contribution is -2.28. The minimum Gasteiger partial charge on any atom is -0.497 e. The molecule has 0 aliphatic heterocycles. The van der Waals surface area contributed by atoms with Crippen LogP contribution in [0.25, 0.3) is 0 Å². The van der Waals surface area contributed by atoms with Crippen LogP contribution < -0.4 is 10.1 Å². The summed E-state index contributed by atoms with van der Waals surface area (Å²) in [4.78, 5) is 0. The number of benzene rings is 1. The van der Waals surface area contributed by atoms with E-state index in [1.54, 1.807) is 7.11 Å². The fourth-order valence-corrected chi connectivity index (χ4v) is 2.57. The average molecular weight is 277 g/mol. The number of methoxy groups -OCH3 is 1. The largest absolute Gasteiger partial charge is 0.497 e. The highest BCUT2D eigenvalue weighted by molar-refractivity contribution is 5.30. The van der Waals surface area contributed by atoms with Crippen molar-refractivity contribution in [3.05, 3.63) is 29.8 Å². The van der Waals surface area contributed by atoms with Gasteiger partial charge in [0.1, 0.15) is 5.75 Å². The molecule has 2 nitrogen and oxygen atoms in total. The van der Waals surface area contributed by atoms with E-state index in [1.165, 1.54) is 44.1 Å². The molecule has 2 heteroatoms. The zero-order valence-corrected chi connectivity index (χ0v) is 13.6. The van der Waals surface area contributed by atoms with Gasteiger partial charge in [0.05, 0.1) is 7.11 Å². The third-order valence-corrected chi connectivity index (χ3v) is 3.87. The second-order valence-corrected chi connectivity index (χ2v) is 5.77. The summed E-state index contributed by atoms with van der Waals surface area (Å²) < 4.78 is 5.28. The SMILES string of the molecule is CCCCCCCC(C)N[C@@H](C)c1cccc(OC)c1. The molecule has 0 aliphatic carbocycles. The topological polar surface area (TPSA) is 21.3 Å². The lowest BCUT2D eigenvalue weighted by Gasteiger charge is -2.20. The Morgan fingerprint density at radius 3 is 2.55 bits per heavy atom. The summed E-state index contributed by atoms with van der Waals surface area (Å²) >= 11 is 0. The molecule has 0 spiro atoms. The summed E-state index contributed by atoms with van der Waals surface area (Å²) in [6, 6.07) is 9.27. The Bertz CT molecular complexity index is 364. The third-order valence-electron chi connectivity index (χ3n) is 3.87. The van der Waals surface area contributed by atoms with Crippen molar-refractivity contribution in [1.82, 2.24) is 5.32 Å². The molecule has 1 aromatic carbocycles. The van der Waals surface area contributed by atoms with Gasteiger partial charge in [0, 0.05) is 12.1 Å². The van der Waals surface area contributed by atoms with Crippen LogP contribution in [0.4, 0.5) is 0 Å². The van der Waals surface area contributed by atoms with Crippen molar-refractivity contribution in [1.29, 1.82) is 0 Å². The Labute approximate surface area is 124 Å². The molecule has 114 valence electrons. The molecule has 0 radical (unpaired) electrons. The lowest BCUT2D eigenvalue weighted by atomic mass is 10.0. The second kappa shape index (κ2) is 9.82. The van der Waals surface area contributed by atoms with E-state index in [-0.39, 0.29) is 0 Å². The van der Waals surface area contributed by atoms with E-state index in [9.17, 15) is 0 Å². The van der Waals surface area contributed by atoms with Crippen LogP contribution >= 0.6 is 0 Å². The highest BCUT2D eigenvalue weighted by Gasteiger charge is 2.09. The highest BCUT2D eigenvalue weighted by atomic mass is 16.5. The van der Waals surface area contributed by atoms with Crippen LogP contribution in [0.1, 0.15) is 70.9 Å². The lowest BCUT2D eigenvalue weighted by molar-refractivity contribution is 0.410. The van der Waals surface area contributed by atoms with Crippen molar-refractivity contribution in [2.24, 2.45) is 0 Å². The number of hydrogen-bond donors (Lipinski definition) is 1. The van der Waals surface area contributed by atoms with Crippen LogP contribution in [-0.2, 0) is 0 Å². The normalized spacial score (nSPS) is 14.0. The molecule has 0 aliphatic rings. The monoisotopic (exact) mass is 277 g/mol. The van der Waals surface area contributed by atoms with Crippen molar-refractivity contribution in [3.8, 4) is 5.75 Å². The zero-order valence-electron chi connectivity index (χ0n) is 13.6. The van der Waals surface area contributed by atoms with E-state index in [2.05, 4.69) is 44.3 Å². The molecule has 20 heavy (non-hydrogen) atoms. The van der Waals surface area contributed by atoms with Gasteiger partial charge in [-0.15, -0.1) is 0 Å². The van der Waals surface area contributed by atoms with Gasteiger partial charge in [-0.2, -0.15) is 0 Å². The van der Waals surface area contributed by atoms with Gasteiger partial charge in [-0.05, 0) is 38.0 Å². The molecular weight excluding hydrogens is 246 g/mol. The Morgan fingerprint density at radius 1 is 1.10 bits per heavy atom. The summed E-state index contributed by atoms with van der Waals surface area (Å²) in [6.45, 7) is 6.78. The molecule has 0 saturated carbocycles. The van der Waals surface area contributed by atoms with Crippen LogP contribution in [0.15, 0.2) is 24.3 Å². The van der Waals surface area contributed by atoms with Crippen molar-refractivity contribution in [2.45, 2.75) is 71.4 Å². The van der Waals surface area contributed by atoms with Crippen LogP contribution in [0.3, 0.4) is 0 Å². The molecule has 0 bridgehead atoms. The fraction of sp³-hybridized carbons (Fsp3) is 0.667. The van der Waals surface area contributed by atoms with Crippen LogP contribution in [0.5, 0.6) is 5.75 Å². The molecule has 0 amide bonds. The smallest absolute Gasteiger partial charge is 0.119 e. The first-order valence-corrected chi connectivity index (χ1v) is 8.07. The average Bonchev–Trinajstić information content (AvgIpc) is 2.47. The third kappa shape index (κ3) is 6.42. The van der Waals surface area contributed by atoms with Gasteiger partial charge in [-0.1, -0.05) is 51.2 Å². The molecule has 0 saturated heterocycles. The van der Waals surface area contributed by atoms with E-state index < -0.39 is 0 Å². The molecular formula is C18H31NO. The molecule has 0 heterocycles. The first kappa shape index (κ1) is 17.0. The number of rotatable bonds is 10. The summed E-state index contributed by atoms with van der Waals surface area (Å²) in [5.74, 6) is 0.934. The second-order valence-electron chi connectivity index (χ2n) is 5.77. The van der Waals surface area contributed by atoms with E-state index in [0.29, 0.717) is 12.1 Å². The van der Waals surface area contributed by atoms with E-state index in [4.69, 9.17) is 4.74 Å². The minimum absolute atomic E-state index is 0.371. The molecule has 1 aromatic rings. The van der Waals surface area contributed by atoms with Gasteiger partial charge in [0.15, 0.2) is 0 Å². The van der Waals surface area contributed by atoms with Crippen molar-refractivity contribution >= 4 is 0 Å². The van der Waals surface area contributed by atoms with Crippen LogP contribution in [0, 0.1) is 0 Å². The van der Waals surface area contributed by atoms with Gasteiger partial charge in [0.25, 0.3) is 0 Å². The zero-order chi connectivity index (χ0) is 14.8. The van der Waals surface area contributed by atoms with Gasteiger partial charge in [-0.25, -0.2) is 0 Å². The summed E-state index contributed by atoms with van der Waals surface area (Å²) in [7, 11) is 1.72.